The number of nitrogens with one attached hydrogen (secondary N) is 3. The number of aliphatic carboxylic acids is 1. The van der Waals surface area contributed by atoms with Crippen LogP contribution in [0.25, 0.3) is 0 Å². The average Bonchev–Trinajstić information content (AvgIpc) is 3.32. The number of rotatable bonds is 23. The highest BCUT2D eigenvalue weighted by Crippen LogP contribution is 2.26. The number of carbonyl (C=O) groups excluding carboxylic acids is 3. The zero-order valence-electron chi connectivity index (χ0n) is 22.7. The van der Waals surface area contributed by atoms with Crippen molar-refractivity contribution in [2.24, 2.45) is 17.6 Å². The molecule has 0 heterocycles. The highest BCUT2D eigenvalue weighted by atomic mass is 16.5. The molecule has 0 aromatic carbocycles. The number of carboxylic acids is 1. The van der Waals surface area contributed by atoms with E-state index in [1.54, 1.807) is 0 Å². The standard InChI is InChI=1S/C25H46N4O9/c1-18(2)13-21(24(32)25(33)34)29-20-4-3-19(14-20)15-28-23(31)17-38-12-10-36-8-6-27-22(30)16-37-11-9-35-7-5-26/h18-21,29H,3-17,26H2,1-2H3,(H,27,30)(H,28,31)(H,33,34)/t19?,20?,21-/m0/s1. The Hall–Kier alpha value is -2.16. The summed E-state index contributed by atoms with van der Waals surface area (Å²) in [6.07, 6.45) is 2.95. The number of nitrogens with two attached hydrogens (primary N) is 1. The lowest BCUT2D eigenvalue weighted by Gasteiger charge is -2.22. The number of hydrogen-bond donors (Lipinski definition) is 5. The highest BCUT2D eigenvalue weighted by molar-refractivity contribution is 6.34. The monoisotopic (exact) mass is 546 g/mol. The molecule has 0 spiro atoms. The molecule has 0 aromatic heterocycles. The summed E-state index contributed by atoms with van der Waals surface area (Å²) in [5.41, 5.74) is 5.29. The molecule has 1 saturated carbocycles. The fourth-order valence-corrected chi connectivity index (χ4v) is 4.04. The lowest BCUT2D eigenvalue weighted by atomic mass is 9.99. The maximum atomic E-state index is 12.0. The van der Waals surface area contributed by atoms with Gasteiger partial charge in [-0.3, -0.25) is 14.4 Å². The second-order valence-electron chi connectivity index (χ2n) is 9.67. The Bertz CT molecular complexity index is 708. The Labute approximate surface area is 224 Å². The maximum absolute atomic E-state index is 12.0. The molecule has 0 saturated heterocycles. The van der Waals surface area contributed by atoms with Crippen LogP contribution in [0.4, 0.5) is 0 Å². The molecule has 2 amide bonds. The Balaban J connectivity index is 2.04. The molecule has 2 unspecified atom stereocenters. The molecule has 0 aromatic rings. The first kappa shape index (κ1) is 33.9. The number of ketones is 1. The van der Waals surface area contributed by atoms with Crippen LogP contribution in [0, 0.1) is 11.8 Å². The number of carboxylic acid groups (broad SMARTS) is 1. The highest BCUT2D eigenvalue weighted by Gasteiger charge is 2.31. The normalized spacial score (nSPS) is 17.9. The topological polar surface area (TPSA) is 188 Å². The minimum absolute atomic E-state index is 0.0503. The lowest BCUT2D eigenvalue weighted by molar-refractivity contribution is -0.150. The fourth-order valence-electron chi connectivity index (χ4n) is 4.04. The predicted octanol–water partition coefficient (Wildman–Crippen LogP) is -0.929. The Kier molecular flexibility index (Phi) is 18.5. The van der Waals surface area contributed by atoms with Crippen molar-refractivity contribution >= 4 is 23.6 Å². The molecule has 1 aliphatic carbocycles. The summed E-state index contributed by atoms with van der Waals surface area (Å²) in [7, 11) is 0. The SMILES string of the molecule is CC(C)C[C@H](NC1CCC(CNC(=O)COCCOCCNC(=O)COCCOCCN)C1)C(=O)C(=O)O. The van der Waals surface area contributed by atoms with Crippen LogP contribution in [-0.2, 0) is 38.1 Å². The molecule has 0 bridgehead atoms. The van der Waals surface area contributed by atoms with Crippen molar-refractivity contribution in [2.75, 3.05) is 72.5 Å². The van der Waals surface area contributed by atoms with Crippen LogP contribution in [0.2, 0.25) is 0 Å². The molecule has 13 nitrogen and oxygen atoms in total. The second kappa shape index (κ2) is 20.8. The van der Waals surface area contributed by atoms with Crippen LogP contribution in [-0.4, -0.2) is 113 Å². The molecule has 1 rings (SSSR count). The van der Waals surface area contributed by atoms with Gasteiger partial charge in [-0.25, -0.2) is 4.79 Å². The zero-order valence-corrected chi connectivity index (χ0v) is 22.7. The van der Waals surface area contributed by atoms with Crippen molar-refractivity contribution in [1.82, 2.24) is 16.0 Å². The molecule has 38 heavy (non-hydrogen) atoms. The number of Topliss-reactive ketones (excluding diaryl/α,β-unsaturated/α-hetero) is 1. The fraction of sp³-hybridized carbons (Fsp3) is 0.840. The third-order valence-electron chi connectivity index (χ3n) is 5.84. The van der Waals surface area contributed by atoms with E-state index in [0.717, 1.165) is 19.3 Å². The summed E-state index contributed by atoms with van der Waals surface area (Å²) in [5, 5.41) is 17.8. The van der Waals surface area contributed by atoms with E-state index in [4.69, 9.17) is 29.8 Å². The van der Waals surface area contributed by atoms with Gasteiger partial charge in [0.25, 0.3) is 5.78 Å². The van der Waals surface area contributed by atoms with Gasteiger partial charge in [0, 0.05) is 25.7 Å². The summed E-state index contributed by atoms with van der Waals surface area (Å²) in [5.74, 6) is -2.22. The van der Waals surface area contributed by atoms with E-state index >= 15 is 0 Å². The van der Waals surface area contributed by atoms with Crippen molar-refractivity contribution in [3.8, 4) is 0 Å². The molecular formula is C25H46N4O9. The van der Waals surface area contributed by atoms with E-state index < -0.39 is 17.8 Å². The minimum Gasteiger partial charge on any atom is -0.475 e. The van der Waals surface area contributed by atoms with Crippen molar-refractivity contribution in [2.45, 2.75) is 51.6 Å². The van der Waals surface area contributed by atoms with Crippen molar-refractivity contribution < 1.29 is 43.2 Å². The number of amides is 2. The van der Waals surface area contributed by atoms with E-state index in [1.165, 1.54) is 0 Å². The molecule has 0 radical (unpaired) electrons. The van der Waals surface area contributed by atoms with Gasteiger partial charge in [0.15, 0.2) is 0 Å². The van der Waals surface area contributed by atoms with Gasteiger partial charge in [0.1, 0.15) is 13.2 Å². The lowest BCUT2D eigenvalue weighted by Crippen LogP contribution is -2.46. The van der Waals surface area contributed by atoms with Gasteiger partial charge >= 0.3 is 5.97 Å². The molecule has 3 atom stereocenters. The van der Waals surface area contributed by atoms with Crippen molar-refractivity contribution in [1.29, 1.82) is 0 Å². The first-order valence-electron chi connectivity index (χ1n) is 13.3. The van der Waals surface area contributed by atoms with E-state index in [0.29, 0.717) is 59.1 Å². The Morgan fingerprint density at radius 2 is 1.47 bits per heavy atom. The molecule has 6 N–H and O–H groups in total. The van der Waals surface area contributed by atoms with E-state index in [-0.39, 0.29) is 49.5 Å². The maximum Gasteiger partial charge on any atom is 0.373 e. The van der Waals surface area contributed by atoms with Gasteiger partial charge in [-0.15, -0.1) is 0 Å². The summed E-state index contributed by atoms with van der Waals surface area (Å²) in [6.45, 7) is 7.09. The van der Waals surface area contributed by atoms with Crippen LogP contribution in [0.5, 0.6) is 0 Å². The first-order chi connectivity index (χ1) is 18.2. The van der Waals surface area contributed by atoms with Crippen molar-refractivity contribution in [3.05, 3.63) is 0 Å². The third kappa shape index (κ3) is 16.6. The Morgan fingerprint density at radius 3 is 2.08 bits per heavy atom. The Morgan fingerprint density at radius 1 is 0.868 bits per heavy atom. The minimum atomic E-state index is -1.41. The van der Waals surface area contributed by atoms with Gasteiger partial charge in [-0.05, 0) is 37.5 Å². The summed E-state index contributed by atoms with van der Waals surface area (Å²) >= 11 is 0. The van der Waals surface area contributed by atoms with Gasteiger partial charge < -0.3 is 45.7 Å². The number of carbonyl (C=O) groups is 4. The zero-order chi connectivity index (χ0) is 28.2. The third-order valence-corrected chi connectivity index (χ3v) is 5.84. The molecule has 1 fully saturated rings. The van der Waals surface area contributed by atoms with Crippen LogP contribution < -0.4 is 21.7 Å². The smallest absolute Gasteiger partial charge is 0.373 e. The van der Waals surface area contributed by atoms with Gasteiger partial charge in [0.2, 0.25) is 11.8 Å². The van der Waals surface area contributed by atoms with Crippen LogP contribution in [0.1, 0.15) is 39.5 Å². The molecule has 220 valence electrons. The first-order valence-corrected chi connectivity index (χ1v) is 13.3. The average molecular weight is 547 g/mol. The predicted molar refractivity (Wildman–Crippen MR) is 139 cm³/mol. The van der Waals surface area contributed by atoms with E-state index in [9.17, 15) is 19.2 Å². The number of hydrogen-bond acceptors (Lipinski definition) is 10. The van der Waals surface area contributed by atoms with E-state index in [1.807, 2.05) is 13.8 Å². The second-order valence-corrected chi connectivity index (χ2v) is 9.67. The van der Waals surface area contributed by atoms with Crippen molar-refractivity contribution in [3.63, 3.8) is 0 Å². The van der Waals surface area contributed by atoms with Crippen LogP contribution in [0.15, 0.2) is 0 Å². The molecule has 13 heteroatoms. The largest absolute Gasteiger partial charge is 0.475 e. The summed E-state index contributed by atoms with van der Waals surface area (Å²) < 4.78 is 21.0. The van der Waals surface area contributed by atoms with Gasteiger partial charge in [0.05, 0.1) is 45.7 Å². The molecular weight excluding hydrogens is 500 g/mol. The summed E-state index contributed by atoms with van der Waals surface area (Å²) in [6, 6.07) is -0.639. The molecule has 0 aliphatic heterocycles. The van der Waals surface area contributed by atoms with Crippen LogP contribution in [0.3, 0.4) is 0 Å². The van der Waals surface area contributed by atoms with Crippen LogP contribution >= 0.6 is 0 Å². The molecule has 1 aliphatic rings. The van der Waals surface area contributed by atoms with E-state index in [2.05, 4.69) is 16.0 Å². The quantitative estimate of drug-likeness (QED) is 0.0787. The number of ether oxygens (including phenoxy) is 4. The van der Waals surface area contributed by atoms with Gasteiger partial charge in [-0.1, -0.05) is 13.8 Å². The van der Waals surface area contributed by atoms with Gasteiger partial charge in [-0.2, -0.15) is 0 Å². The summed E-state index contributed by atoms with van der Waals surface area (Å²) in [4.78, 5) is 46.7.